The van der Waals surface area contributed by atoms with Crippen molar-refractivity contribution in [3.63, 3.8) is 0 Å². The van der Waals surface area contributed by atoms with E-state index in [-0.39, 0.29) is 17.8 Å². The molecule has 2 N–H and O–H groups in total. The van der Waals surface area contributed by atoms with Crippen LogP contribution in [0.25, 0.3) is 0 Å². The molecule has 2 atom stereocenters. The van der Waals surface area contributed by atoms with Crippen LogP contribution in [0.5, 0.6) is 0 Å². The monoisotopic (exact) mass is 197 g/mol. The molecule has 2 aliphatic rings. The lowest BCUT2D eigenvalue weighted by Gasteiger charge is -2.37. The Morgan fingerprint density at radius 1 is 1.71 bits per heavy atom. The minimum atomic E-state index is -0.532. The van der Waals surface area contributed by atoms with E-state index < -0.39 is 5.54 Å². The first kappa shape index (κ1) is 9.52. The fourth-order valence-electron chi connectivity index (χ4n) is 2.37. The summed E-state index contributed by atoms with van der Waals surface area (Å²) in [6, 6.07) is 0. The molecule has 1 aliphatic carbocycles. The first-order chi connectivity index (χ1) is 6.66. The topological polar surface area (TPSA) is 58.6 Å². The Bertz CT molecular complexity index is 287. The zero-order valence-corrected chi connectivity index (χ0v) is 8.25. The normalized spacial score (nSPS) is 37.1. The maximum atomic E-state index is 11.1. The molecule has 0 bridgehead atoms. The lowest BCUT2D eigenvalue weighted by atomic mass is 9.80. The van der Waals surface area contributed by atoms with E-state index in [0.29, 0.717) is 6.42 Å². The van der Waals surface area contributed by atoms with E-state index in [2.05, 4.69) is 5.32 Å². The van der Waals surface area contributed by atoms with E-state index in [0.717, 1.165) is 19.3 Å². The zero-order valence-electron chi connectivity index (χ0n) is 8.25. The van der Waals surface area contributed by atoms with Crippen LogP contribution in [-0.2, 0) is 9.53 Å². The second-order valence-electron chi connectivity index (χ2n) is 4.05. The third kappa shape index (κ3) is 1.39. The molecule has 1 saturated carbocycles. The summed E-state index contributed by atoms with van der Waals surface area (Å²) < 4.78 is 5.27. The summed E-state index contributed by atoms with van der Waals surface area (Å²) in [6.07, 6.45) is 4.87. The molecule has 2 rings (SSSR count). The average molecular weight is 197 g/mol. The average Bonchev–Trinajstić information content (AvgIpc) is 2.42. The Hall–Kier alpha value is -1.03. The molecule has 1 fully saturated rings. The van der Waals surface area contributed by atoms with Gasteiger partial charge in [0.25, 0.3) is 0 Å². The minimum absolute atomic E-state index is 0.137. The smallest absolute Gasteiger partial charge is 0.248 e. The van der Waals surface area contributed by atoms with Crippen LogP contribution in [0.4, 0.5) is 0 Å². The van der Waals surface area contributed by atoms with Crippen molar-refractivity contribution >= 4 is 5.91 Å². The maximum Gasteiger partial charge on any atom is 0.248 e. The van der Waals surface area contributed by atoms with E-state index in [4.69, 9.17) is 4.74 Å². The van der Waals surface area contributed by atoms with Gasteiger partial charge in [-0.3, -0.25) is 4.79 Å². The van der Waals surface area contributed by atoms with Crippen LogP contribution in [0.15, 0.2) is 11.8 Å². The first-order valence-corrected chi connectivity index (χ1v) is 4.92. The van der Waals surface area contributed by atoms with Crippen molar-refractivity contribution in [3.8, 4) is 0 Å². The number of hydrogen-bond acceptors (Lipinski definition) is 3. The zero-order chi connectivity index (χ0) is 10.2. The molecule has 1 heterocycles. The fraction of sp³-hybridized carbons (Fsp3) is 0.700. The summed E-state index contributed by atoms with van der Waals surface area (Å²) in [7, 11) is 1.67. The number of methoxy groups -OCH3 is 1. The molecule has 4 heteroatoms. The Morgan fingerprint density at radius 2 is 2.50 bits per heavy atom. The highest BCUT2D eigenvalue weighted by Crippen LogP contribution is 2.36. The number of aliphatic hydroxyl groups is 1. The summed E-state index contributed by atoms with van der Waals surface area (Å²) in [6.45, 7) is 0. The molecule has 78 valence electrons. The van der Waals surface area contributed by atoms with Crippen LogP contribution in [0.2, 0.25) is 0 Å². The van der Waals surface area contributed by atoms with Crippen molar-refractivity contribution in [1.29, 1.82) is 0 Å². The lowest BCUT2D eigenvalue weighted by molar-refractivity contribution is -0.117. The van der Waals surface area contributed by atoms with Gasteiger partial charge in [0.05, 0.1) is 11.6 Å². The number of rotatable bonds is 1. The van der Waals surface area contributed by atoms with Gasteiger partial charge < -0.3 is 15.2 Å². The van der Waals surface area contributed by atoms with Crippen molar-refractivity contribution in [1.82, 2.24) is 5.32 Å². The van der Waals surface area contributed by atoms with E-state index in [1.54, 1.807) is 7.11 Å². The first-order valence-electron chi connectivity index (χ1n) is 4.92. The maximum absolute atomic E-state index is 11.1. The van der Waals surface area contributed by atoms with Crippen LogP contribution in [-0.4, -0.2) is 29.8 Å². The molecule has 0 aromatic rings. The molecule has 0 radical (unpaired) electrons. The highest BCUT2D eigenvalue weighted by Gasteiger charge is 2.44. The number of carbonyl (C=O) groups is 1. The SMILES string of the molecule is COC1CCCC2(C1)NC(=O)C=C2O. The van der Waals surface area contributed by atoms with Gasteiger partial charge in [-0.15, -0.1) is 0 Å². The number of carbonyl (C=O) groups excluding carboxylic acids is 1. The standard InChI is InChI=1S/C10H15NO3/c1-14-7-3-2-4-10(6-7)8(12)5-9(13)11-10/h5,7,12H,2-4,6H2,1H3,(H,11,13). The molecule has 4 nitrogen and oxygen atoms in total. The quantitative estimate of drug-likeness (QED) is 0.656. The Balaban J connectivity index is 2.16. The minimum Gasteiger partial charge on any atom is -0.510 e. The van der Waals surface area contributed by atoms with Gasteiger partial charge in [0.1, 0.15) is 5.76 Å². The summed E-state index contributed by atoms with van der Waals surface area (Å²) in [5, 5.41) is 12.5. The highest BCUT2D eigenvalue weighted by molar-refractivity contribution is 5.92. The van der Waals surface area contributed by atoms with E-state index >= 15 is 0 Å². The van der Waals surface area contributed by atoms with Gasteiger partial charge in [0, 0.05) is 19.6 Å². The van der Waals surface area contributed by atoms with Crippen molar-refractivity contribution in [2.75, 3.05) is 7.11 Å². The van der Waals surface area contributed by atoms with Gasteiger partial charge in [-0.2, -0.15) is 0 Å². The molecule has 0 saturated heterocycles. The van der Waals surface area contributed by atoms with Gasteiger partial charge in [-0.1, -0.05) is 0 Å². The summed E-state index contributed by atoms with van der Waals surface area (Å²) in [4.78, 5) is 11.1. The fourth-order valence-corrected chi connectivity index (χ4v) is 2.37. The predicted molar refractivity (Wildman–Crippen MR) is 50.9 cm³/mol. The van der Waals surface area contributed by atoms with Gasteiger partial charge in [0.2, 0.25) is 5.91 Å². The molecular weight excluding hydrogens is 182 g/mol. The molecule has 0 aromatic heterocycles. The summed E-state index contributed by atoms with van der Waals surface area (Å²) in [5.41, 5.74) is -0.532. The van der Waals surface area contributed by atoms with Crippen LogP contribution < -0.4 is 5.32 Å². The number of ether oxygens (including phenoxy) is 1. The van der Waals surface area contributed by atoms with Gasteiger partial charge >= 0.3 is 0 Å². The molecule has 1 amide bonds. The molecule has 0 aromatic carbocycles. The van der Waals surface area contributed by atoms with Crippen LogP contribution in [0.3, 0.4) is 0 Å². The molecular formula is C10H15NO3. The summed E-state index contributed by atoms with van der Waals surface area (Å²) >= 11 is 0. The van der Waals surface area contributed by atoms with Gasteiger partial charge in [0.15, 0.2) is 0 Å². The van der Waals surface area contributed by atoms with Crippen LogP contribution >= 0.6 is 0 Å². The molecule has 2 unspecified atom stereocenters. The van der Waals surface area contributed by atoms with E-state index in [9.17, 15) is 9.90 Å². The predicted octanol–water partition coefficient (Wildman–Crippen LogP) is 0.886. The van der Waals surface area contributed by atoms with Crippen molar-refractivity contribution in [2.24, 2.45) is 0 Å². The van der Waals surface area contributed by atoms with E-state index in [1.165, 1.54) is 6.08 Å². The van der Waals surface area contributed by atoms with Crippen molar-refractivity contribution in [3.05, 3.63) is 11.8 Å². The number of nitrogens with one attached hydrogen (secondary N) is 1. The second-order valence-corrected chi connectivity index (χ2v) is 4.05. The van der Waals surface area contributed by atoms with Gasteiger partial charge in [-0.05, 0) is 19.3 Å². The molecule has 14 heavy (non-hydrogen) atoms. The molecule has 1 aliphatic heterocycles. The van der Waals surface area contributed by atoms with Crippen LogP contribution in [0, 0.1) is 0 Å². The second kappa shape index (κ2) is 3.28. The van der Waals surface area contributed by atoms with Gasteiger partial charge in [-0.25, -0.2) is 0 Å². The molecule has 1 spiro atoms. The third-order valence-electron chi connectivity index (χ3n) is 3.16. The Labute approximate surface area is 82.9 Å². The van der Waals surface area contributed by atoms with E-state index in [1.807, 2.05) is 0 Å². The number of hydrogen-bond donors (Lipinski definition) is 2. The Morgan fingerprint density at radius 3 is 3.07 bits per heavy atom. The summed E-state index contributed by atoms with van der Waals surface area (Å²) in [5.74, 6) is -0.0245. The number of amides is 1. The largest absolute Gasteiger partial charge is 0.510 e. The lowest BCUT2D eigenvalue weighted by Crippen LogP contribution is -2.49. The Kier molecular flexibility index (Phi) is 2.23. The highest BCUT2D eigenvalue weighted by atomic mass is 16.5. The van der Waals surface area contributed by atoms with Crippen LogP contribution in [0.1, 0.15) is 25.7 Å². The third-order valence-corrected chi connectivity index (χ3v) is 3.16. The van der Waals surface area contributed by atoms with Crippen molar-refractivity contribution in [2.45, 2.75) is 37.3 Å². The number of aliphatic hydroxyl groups excluding tert-OH is 1. The van der Waals surface area contributed by atoms with Crippen molar-refractivity contribution < 1.29 is 14.6 Å².